The molecule has 21 heavy (non-hydrogen) atoms. The fourth-order valence-electron chi connectivity index (χ4n) is 3.94. The van der Waals surface area contributed by atoms with Crippen molar-refractivity contribution in [3.63, 3.8) is 0 Å². The number of nitrogens with zero attached hydrogens (tertiary/aromatic N) is 2. The van der Waals surface area contributed by atoms with E-state index in [0.29, 0.717) is 11.1 Å². The summed E-state index contributed by atoms with van der Waals surface area (Å²) in [5.74, 6) is 0.911. The van der Waals surface area contributed by atoms with E-state index in [1.54, 1.807) is 6.07 Å². The maximum absolute atomic E-state index is 9.04. The molecule has 1 aliphatic heterocycles. The van der Waals surface area contributed by atoms with E-state index < -0.39 is 0 Å². The van der Waals surface area contributed by atoms with Crippen LogP contribution in [0.15, 0.2) is 23.4 Å². The van der Waals surface area contributed by atoms with Crippen molar-refractivity contribution in [1.29, 1.82) is 0 Å². The fraction of sp³-hybridized carbons (Fsp3) is 0.562. The number of piperidine rings is 1. The van der Waals surface area contributed by atoms with Crippen LogP contribution in [0.1, 0.15) is 44.1 Å². The average molecular weight is 308 g/mol. The maximum atomic E-state index is 9.04. The molecule has 2 aliphatic rings. The van der Waals surface area contributed by atoms with E-state index in [0.717, 1.165) is 23.7 Å². The summed E-state index contributed by atoms with van der Waals surface area (Å²) in [6.45, 7) is 1.04. The molecule has 1 aromatic rings. The Bertz CT molecular complexity index is 544. The molecule has 114 valence electrons. The Morgan fingerprint density at radius 3 is 2.81 bits per heavy atom. The van der Waals surface area contributed by atoms with Gasteiger partial charge in [-0.3, -0.25) is 0 Å². The summed E-state index contributed by atoms with van der Waals surface area (Å²) in [6, 6.07) is 6.27. The van der Waals surface area contributed by atoms with Crippen molar-refractivity contribution >= 4 is 23.1 Å². The Kier molecular flexibility index (Phi) is 4.24. The van der Waals surface area contributed by atoms with Crippen LogP contribution in [0.2, 0.25) is 5.02 Å². The van der Waals surface area contributed by atoms with Gasteiger partial charge in [0.2, 0.25) is 0 Å². The highest BCUT2D eigenvalue weighted by molar-refractivity contribution is 6.31. The molecule has 1 heterocycles. The number of hydrogen-bond donors (Lipinski definition) is 2. The predicted molar refractivity (Wildman–Crippen MR) is 86.3 cm³/mol. The van der Waals surface area contributed by atoms with Crippen LogP contribution in [0.3, 0.4) is 0 Å². The summed E-state index contributed by atoms with van der Waals surface area (Å²) in [5, 5.41) is 12.8. The van der Waals surface area contributed by atoms with Crippen LogP contribution in [0, 0.1) is 5.92 Å². The molecule has 2 atom stereocenters. The largest absolute Gasteiger partial charge is 0.409 e. The van der Waals surface area contributed by atoms with E-state index in [-0.39, 0.29) is 5.84 Å². The molecule has 1 aliphatic carbocycles. The minimum Gasteiger partial charge on any atom is -0.409 e. The minimum atomic E-state index is 0.130. The van der Waals surface area contributed by atoms with Crippen molar-refractivity contribution in [1.82, 2.24) is 0 Å². The molecule has 2 unspecified atom stereocenters. The van der Waals surface area contributed by atoms with E-state index in [9.17, 15) is 0 Å². The first-order chi connectivity index (χ1) is 10.2. The summed E-state index contributed by atoms with van der Waals surface area (Å²) in [4.78, 5) is 2.46. The molecule has 0 aromatic heterocycles. The van der Waals surface area contributed by atoms with Crippen molar-refractivity contribution in [3.05, 3.63) is 28.8 Å². The van der Waals surface area contributed by atoms with Crippen molar-refractivity contribution in [2.24, 2.45) is 16.8 Å². The molecule has 5 heteroatoms. The summed E-state index contributed by atoms with van der Waals surface area (Å²) in [6.07, 6.45) is 7.75. The van der Waals surface area contributed by atoms with E-state index in [2.05, 4.69) is 10.1 Å². The van der Waals surface area contributed by atoms with Gasteiger partial charge in [-0.1, -0.05) is 29.6 Å². The third-order valence-electron chi connectivity index (χ3n) is 4.89. The van der Waals surface area contributed by atoms with Crippen LogP contribution < -0.4 is 10.6 Å². The summed E-state index contributed by atoms with van der Waals surface area (Å²) >= 11 is 6.08. The molecule has 4 nitrogen and oxygen atoms in total. The van der Waals surface area contributed by atoms with Crippen molar-refractivity contribution in [2.45, 2.75) is 44.6 Å². The van der Waals surface area contributed by atoms with Gasteiger partial charge in [0.15, 0.2) is 5.84 Å². The zero-order valence-electron chi connectivity index (χ0n) is 12.1. The third-order valence-corrected chi connectivity index (χ3v) is 5.13. The van der Waals surface area contributed by atoms with Crippen LogP contribution in [0.25, 0.3) is 0 Å². The van der Waals surface area contributed by atoms with E-state index >= 15 is 0 Å². The molecule has 0 bridgehead atoms. The Morgan fingerprint density at radius 2 is 2.00 bits per heavy atom. The number of amidine groups is 1. The van der Waals surface area contributed by atoms with Crippen LogP contribution in [0.5, 0.6) is 0 Å². The van der Waals surface area contributed by atoms with Gasteiger partial charge in [-0.2, -0.15) is 0 Å². The van der Waals surface area contributed by atoms with E-state index in [4.69, 9.17) is 22.5 Å². The van der Waals surface area contributed by atoms with Crippen LogP contribution in [-0.2, 0) is 0 Å². The van der Waals surface area contributed by atoms with Crippen molar-refractivity contribution in [3.8, 4) is 0 Å². The number of rotatable bonds is 2. The maximum Gasteiger partial charge on any atom is 0.172 e. The number of anilines is 1. The number of hydrogen-bond acceptors (Lipinski definition) is 3. The minimum absolute atomic E-state index is 0.130. The highest BCUT2D eigenvalue weighted by atomic mass is 35.5. The summed E-state index contributed by atoms with van der Waals surface area (Å²) in [7, 11) is 0. The zero-order chi connectivity index (χ0) is 14.8. The van der Waals surface area contributed by atoms with Crippen LogP contribution in [0.4, 0.5) is 5.69 Å². The van der Waals surface area contributed by atoms with Gasteiger partial charge in [0, 0.05) is 28.9 Å². The molecular weight excluding hydrogens is 286 g/mol. The standard InChI is InChI=1S/C16H22ClN3O/c17-12-7-8-15(13(10-12)16(18)19-21)20-9-3-5-11-4-1-2-6-14(11)20/h7-8,10-11,14,21H,1-6,9H2,(H2,18,19). The van der Waals surface area contributed by atoms with Crippen molar-refractivity contribution < 1.29 is 5.21 Å². The second-order valence-corrected chi connectivity index (χ2v) is 6.53. The topological polar surface area (TPSA) is 61.9 Å². The number of benzene rings is 1. The molecular formula is C16H22ClN3O. The van der Waals surface area contributed by atoms with E-state index in [1.165, 1.54) is 38.5 Å². The first-order valence-corrected chi connectivity index (χ1v) is 8.12. The quantitative estimate of drug-likeness (QED) is 0.380. The number of oxime groups is 1. The monoisotopic (exact) mass is 307 g/mol. The highest BCUT2D eigenvalue weighted by Gasteiger charge is 2.34. The first-order valence-electron chi connectivity index (χ1n) is 7.75. The smallest absolute Gasteiger partial charge is 0.172 e. The van der Waals surface area contributed by atoms with Gasteiger partial charge in [-0.25, -0.2) is 0 Å². The number of nitrogens with two attached hydrogens (primary N) is 1. The zero-order valence-corrected chi connectivity index (χ0v) is 12.9. The Balaban J connectivity index is 1.98. The van der Waals surface area contributed by atoms with Gasteiger partial charge >= 0.3 is 0 Å². The normalized spacial score (nSPS) is 26.5. The third kappa shape index (κ3) is 2.82. The van der Waals surface area contributed by atoms with Gasteiger partial charge in [0.25, 0.3) is 0 Å². The van der Waals surface area contributed by atoms with Gasteiger partial charge in [0.1, 0.15) is 0 Å². The molecule has 3 N–H and O–H groups in total. The van der Waals surface area contributed by atoms with Crippen LogP contribution in [-0.4, -0.2) is 23.6 Å². The SMILES string of the molecule is NC(=NO)c1cc(Cl)ccc1N1CCCC2CCCCC21. The van der Waals surface area contributed by atoms with Crippen molar-refractivity contribution in [2.75, 3.05) is 11.4 Å². The predicted octanol–water partition coefficient (Wildman–Crippen LogP) is 3.59. The summed E-state index contributed by atoms with van der Waals surface area (Å²) in [5.41, 5.74) is 7.63. The Labute approximate surface area is 130 Å². The van der Waals surface area contributed by atoms with E-state index in [1.807, 2.05) is 12.1 Å². The molecule has 1 saturated carbocycles. The molecule has 0 spiro atoms. The Morgan fingerprint density at radius 1 is 1.24 bits per heavy atom. The molecule has 3 rings (SSSR count). The first kappa shape index (κ1) is 14.5. The average Bonchev–Trinajstić information content (AvgIpc) is 2.53. The fourth-order valence-corrected chi connectivity index (χ4v) is 4.11. The lowest BCUT2D eigenvalue weighted by molar-refractivity contribution is 0.244. The lowest BCUT2D eigenvalue weighted by Crippen LogP contribution is -2.47. The van der Waals surface area contributed by atoms with Crippen LogP contribution >= 0.6 is 11.6 Å². The van der Waals surface area contributed by atoms with Gasteiger partial charge < -0.3 is 15.8 Å². The molecule has 1 aromatic carbocycles. The lowest BCUT2D eigenvalue weighted by Gasteiger charge is -2.46. The second-order valence-electron chi connectivity index (χ2n) is 6.09. The molecule has 1 saturated heterocycles. The molecule has 0 amide bonds. The second kappa shape index (κ2) is 6.14. The lowest BCUT2D eigenvalue weighted by atomic mass is 9.78. The summed E-state index contributed by atoms with van der Waals surface area (Å²) < 4.78 is 0. The highest BCUT2D eigenvalue weighted by Crippen LogP contribution is 2.39. The van der Waals surface area contributed by atoms with Gasteiger partial charge in [0.05, 0.1) is 0 Å². The van der Waals surface area contributed by atoms with Gasteiger partial charge in [-0.15, -0.1) is 0 Å². The number of fused-ring (bicyclic) bond motifs is 1. The molecule has 0 radical (unpaired) electrons. The van der Waals surface area contributed by atoms with Gasteiger partial charge in [-0.05, 0) is 49.8 Å². The number of halogens is 1. The Hall–Kier alpha value is -1.42. The molecule has 2 fully saturated rings.